The zero-order chi connectivity index (χ0) is 9.42. The van der Waals surface area contributed by atoms with Gasteiger partial charge in [-0.2, -0.15) is 0 Å². The largest absolute Gasteiger partial charge is 0.279 e. The van der Waals surface area contributed by atoms with Crippen LogP contribution in [0.25, 0.3) is 5.13 Å². The molecule has 3 nitrogen and oxygen atoms in total. The Morgan fingerprint density at radius 3 is 2.69 bits per heavy atom. The number of aryl methyl sites for hydroxylation is 1. The van der Waals surface area contributed by atoms with Crippen molar-refractivity contribution in [1.82, 2.24) is 14.5 Å². The normalized spacial score (nSPS) is 10.7. The quantitative estimate of drug-likeness (QED) is 0.807. The Labute approximate surface area is 96.1 Å². The Bertz CT molecular complexity index is 415. The van der Waals surface area contributed by atoms with Crippen LogP contribution in [0.15, 0.2) is 20.8 Å². The van der Waals surface area contributed by atoms with Crippen LogP contribution in [0.2, 0.25) is 0 Å². The summed E-state index contributed by atoms with van der Waals surface area (Å²) >= 11 is 8.31. The van der Waals surface area contributed by atoms with Crippen molar-refractivity contribution >= 4 is 43.2 Å². The summed E-state index contributed by atoms with van der Waals surface area (Å²) in [5, 5.41) is 0.911. The molecule has 0 aromatic carbocycles. The van der Waals surface area contributed by atoms with E-state index in [1.54, 1.807) is 17.5 Å². The lowest BCUT2D eigenvalue weighted by atomic mass is 10.7. The summed E-state index contributed by atoms with van der Waals surface area (Å²) in [5.74, 6) is 0.939. The molecule has 6 heteroatoms. The average Bonchev–Trinajstić information content (AvgIpc) is 2.60. The molecule has 0 aliphatic rings. The summed E-state index contributed by atoms with van der Waals surface area (Å²) in [6.45, 7) is 1.95. The Kier molecular flexibility index (Phi) is 2.53. The van der Waals surface area contributed by atoms with Crippen LogP contribution in [0.4, 0.5) is 0 Å². The van der Waals surface area contributed by atoms with Gasteiger partial charge in [0, 0.05) is 12.4 Å². The lowest BCUT2D eigenvalue weighted by Crippen LogP contribution is -1.93. The second-order valence-corrected chi connectivity index (χ2v) is 5.45. The maximum Gasteiger partial charge on any atom is 0.197 e. The van der Waals surface area contributed by atoms with Crippen molar-refractivity contribution in [2.45, 2.75) is 6.92 Å². The molecule has 0 aliphatic heterocycles. The molecule has 13 heavy (non-hydrogen) atoms. The third kappa shape index (κ3) is 1.70. The monoisotopic (exact) mass is 321 g/mol. The fraction of sp³-hybridized carbons (Fsp3) is 0.143. The topological polar surface area (TPSA) is 30.7 Å². The van der Waals surface area contributed by atoms with Gasteiger partial charge in [-0.05, 0) is 38.8 Å². The Hall–Kier alpha value is -0.200. The molecule has 0 N–H and O–H groups in total. The highest BCUT2D eigenvalue weighted by atomic mass is 79.9. The number of hydrogen-bond donors (Lipinski definition) is 0. The van der Waals surface area contributed by atoms with Crippen LogP contribution in [-0.2, 0) is 0 Å². The molecule has 0 amide bonds. The van der Waals surface area contributed by atoms with Crippen molar-refractivity contribution < 1.29 is 0 Å². The summed E-state index contributed by atoms with van der Waals surface area (Å²) in [7, 11) is 0. The Morgan fingerprint density at radius 2 is 2.23 bits per heavy atom. The van der Waals surface area contributed by atoms with Gasteiger partial charge < -0.3 is 0 Å². The van der Waals surface area contributed by atoms with E-state index in [1.807, 2.05) is 17.7 Å². The molecule has 0 saturated carbocycles. The molecule has 2 heterocycles. The summed E-state index contributed by atoms with van der Waals surface area (Å²) in [5.41, 5.74) is 0. The van der Waals surface area contributed by atoms with Gasteiger partial charge in [0.1, 0.15) is 14.2 Å². The van der Waals surface area contributed by atoms with Gasteiger partial charge in [0.2, 0.25) is 0 Å². The molecule has 0 fully saturated rings. The number of hydrogen-bond acceptors (Lipinski definition) is 3. The van der Waals surface area contributed by atoms with Gasteiger partial charge in [-0.15, -0.1) is 0 Å². The average molecular weight is 323 g/mol. The first kappa shape index (κ1) is 9.36. The third-order valence-electron chi connectivity index (χ3n) is 1.57. The van der Waals surface area contributed by atoms with E-state index in [2.05, 4.69) is 41.8 Å². The van der Waals surface area contributed by atoms with Gasteiger partial charge in [-0.3, -0.25) is 4.57 Å². The third-order valence-corrected chi connectivity index (χ3v) is 4.64. The van der Waals surface area contributed by atoms with Gasteiger partial charge in [-0.25, -0.2) is 9.97 Å². The highest BCUT2D eigenvalue weighted by Gasteiger charge is 2.08. The maximum absolute atomic E-state index is 4.32. The van der Waals surface area contributed by atoms with E-state index in [9.17, 15) is 0 Å². The van der Waals surface area contributed by atoms with Crippen molar-refractivity contribution in [2.24, 2.45) is 0 Å². The van der Waals surface area contributed by atoms with E-state index in [-0.39, 0.29) is 0 Å². The minimum Gasteiger partial charge on any atom is -0.279 e. The maximum atomic E-state index is 4.32. The summed E-state index contributed by atoms with van der Waals surface area (Å²) in [4.78, 5) is 8.46. The van der Waals surface area contributed by atoms with Gasteiger partial charge >= 0.3 is 0 Å². The molecule has 0 saturated heterocycles. The van der Waals surface area contributed by atoms with Crippen molar-refractivity contribution in [3.63, 3.8) is 0 Å². The van der Waals surface area contributed by atoms with E-state index >= 15 is 0 Å². The van der Waals surface area contributed by atoms with E-state index in [1.165, 1.54) is 0 Å². The highest BCUT2D eigenvalue weighted by molar-refractivity contribution is 9.13. The van der Waals surface area contributed by atoms with Gasteiger partial charge in [0.25, 0.3) is 0 Å². The van der Waals surface area contributed by atoms with Crippen LogP contribution in [-0.4, -0.2) is 14.5 Å². The van der Waals surface area contributed by atoms with Crippen molar-refractivity contribution in [3.8, 4) is 5.13 Å². The van der Waals surface area contributed by atoms with E-state index in [0.29, 0.717) is 0 Å². The molecular weight excluding hydrogens is 318 g/mol. The van der Waals surface area contributed by atoms with E-state index < -0.39 is 0 Å². The number of aromatic nitrogens is 3. The Balaban J connectivity index is 2.53. The van der Waals surface area contributed by atoms with Crippen LogP contribution >= 0.6 is 43.2 Å². The molecule has 0 spiro atoms. The fourth-order valence-corrected chi connectivity index (χ4v) is 2.73. The van der Waals surface area contributed by atoms with Crippen LogP contribution in [0.5, 0.6) is 0 Å². The first-order valence-corrected chi connectivity index (χ1v) is 5.91. The minimum absolute atomic E-state index is 0.834. The standard InChI is InChI=1S/C7H5Br2N3S/c1-4-10-2-3-12(4)7-11-5(8)6(9)13-7/h2-3H,1H3. The van der Waals surface area contributed by atoms with Gasteiger partial charge in [-0.1, -0.05) is 11.3 Å². The van der Waals surface area contributed by atoms with Crippen molar-refractivity contribution in [3.05, 3.63) is 26.6 Å². The number of imidazole rings is 1. The smallest absolute Gasteiger partial charge is 0.197 e. The number of nitrogens with zero attached hydrogens (tertiary/aromatic N) is 3. The van der Waals surface area contributed by atoms with E-state index in [4.69, 9.17) is 0 Å². The number of rotatable bonds is 1. The molecule has 0 atom stereocenters. The van der Waals surface area contributed by atoms with Gasteiger partial charge in [0.15, 0.2) is 5.13 Å². The lowest BCUT2D eigenvalue weighted by molar-refractivity contribution is 0.956. The van der Waals surface area contributed by atoms with Crippen LogP contribution in [0.3, 0.4) is 0 Å². The number of halogens is 2. The second kappa shape index (κ2) is 3.51. The van der Waals surface area contributed by atoms with E-state index in [0.717, 1.165) is 19.3 Å². The predicted molar refractivity (Wildman–Crippen MR) is 59.4 cm³/mol. The molecule has 68 valence electrons. The molecular formula is C7H5Br2N3S. The van der Waals surface area contributed by atoms with Crippen LogP contribution in [0, 0.1) is 6.92 Å². The molecule has 0 aliphatic carbocycles. The first-order chi connectivity index (χ1) is 6.18. The zero-order valence-corrected chi connectivity index (χ0v) is 10.6. The zero-order valence-electron chi connectivity index (χ0n) is 6.66. The molecule has 2 aromatic rings. The van der Waals surface area contributed by atoms with Gasteiger partial charge in [0.05, 0.1) is 0 Å². The SMILES string of the molecule is Cc1nccn1-c1nc(Br)c(Br)s1. The van der Waals surface area contributed by atoms with Crippen LogP contribution < -0.4 is 0 Å². The minimum atomic E-state index is 0.834. The molecule has 0 radical (unpaired) electrons. The fourth-order valence-electron chi connectivity index (χ4n) is 0.956. The number of thiazole rings is 1. The summed E-state index contributed by atoms with van der Waals surface area (Å²) < 4.78 is 3.77. The molecule has 2 aromatic heterocycles. The summed E-state index contributed by atoms with van der Waals surface area (Å²) in [6, 6.07) is 0. The first-order valence-electron chi connectivity index (χ1n) is 3.50. The predicted octanol–water partition coefficient (Wildman–Crippen LogP) is 3.16. The molecule has 0 unspecified atom stereocenters. The Morgan fingerprint density at radius 1 is 1.46 bits per heavy atom. The molecule has 2 rings (SSSR count). The summed E-state index contributed by atoms with van der Waals surface area (Å²) in [6.07, 6.45) is 3.66. The lowest BCUT2D eigenvalue weighted by Gasteiger charge is -1.96. The van der Waals surface area contributed by atoms with Crippen LogP contribution in [0.1, 0.15) is 5.82 Å². The van der Waals surface area contributed by atoms with Crippen molar-refractivity contribution in [1.29, 1.82) is 0 Å². The second-order valence-electron chi connectivity index (χ2n) is 2.41. The highest BCUT2D eigenvalue weighted by Crippen LogP contribution is 2.31. The van der Waals surface area contributed by atoms with Crippen molar-refractivity contribution in [2.75, 3.05) is 0 Å². The molecule has 0 bridgehead atoms.